The fourth-order valence-electron chi connectivity index (χ4n) is 3.71. The third-order valence-corrected chi connectivity index (χ3v) is 5.25. The van der Waals surface area contributed by atoms with Crippen LogP contribution in [0.1, 0.15) is 35.2 Å². The first-order valence-electron chi connectivity index (χ1n) is 10.0. The summed E-state index contributed by atoms with van der Waals surface area (Å²) in [6.07, 6.45) is 9.09. The van der Waals surface area contributed by atoms with Crippen molar-refractivity contribution in [1.29, 1.82) is 0 Å². The molecule has 1 N–H and O–H groups in total. The van der Waals surface area contributed by atoms with Crippen molar-refractivity contribution in [3.63, 3.8) is 0 Å². The van der Waals surface area contributed by atoms with Crippen molar-refractivity contribution in [3.05, 3.63) is 66.1 Å². The van der Waals surface area contributed by atoms with E-state index in [9.17, 15) is 4.79 Å². The fourth-order valence-corrected chi connectivity index (χ4v) is 3.71. The SMILES string of the molecule is Cc1ccc(-n2ncc(C(=O)NCCCN3CCCC3)c2-n2cccc2)cc1. The molecule has 6 heteroatoms. The zero-order valence-electron chi connectivity index (χ0n) is 16.3. The summed E-state index contributed by atoms with van der Waals surface area (Å²) in [4.78, 5) is 15.3. The van der Waals surface area contributed by atoms with Crippen LogP contribution in [0, 0.1) is 6.92 Å². The molecular formula is C22H27N5O. The third-order valence-electron chi connectivity index (χ3n) is 5.25. The van der Waals surface area contributed by atoms with E-state index in [1.165, 1.54) is 31.5 Å². The molecule has 3 aromatic rings. The minimum atomic E-state index is -0.0801. The van der Waals surface area contributed by atoms with Gasteiger partial charge in [-0.05, 0) is 70.1 Å². The molecule has 0 atom stereocenters. The van der Waals surface area contributed by atoms with Crippen LogP contribution in [-0.2, 0) is 0 Å². The number of nitrogens with one attached hydrogen (secondary N) is 1. The number of rotatable bonds is 7. The molecule has 1 aliphatic heterocycles. The molecule has 2 aromatic heterocycles. The number of carbonyl (C=O) groups excluding carboxylic acids is 1. The van der Waals surface area contributed by atoms with Gasteiger partial charge in [-0.1, -0.05) is 17.7 Å². The first kappa shape index (κ1) is 18.5. The molecule has 0 aliphatic carbocycles. The summed E-state index contributed by atoms with van der Waals surface area (Å²) in [5.74, 6) is 0.675. The molecule has 6 nitrogen and oxygen atoms in total. The number of aryl methyl sites for hydroxylation is 1. The van der Waals surface area contributed by atoms with E-state index in [1.54, 1.807) is 6.20 Å². The minimum Gasteiger partial charge on any atom is -0.352 e. The molecule has 0 unspecified atom stereocenters. The van der Waals surface area contributed by atoms with Gasteiger partial charge in [0, 0.05) is 18.9 Å². The van der Waals surface area contributed by atoms with Crippen LogP contribution < -0.4 is 5.32 Å². The van der Waals surface area contributed by atoms with E-state index in [4.69, 9.17) is 0 Å². The number of hydrogen-bond donors (Lipinski definition) is 1. The van der Waals surface area contributed by atoms with Crippen LogP contribution >= 0.6 is 0 Å². The summed E-state index contributed by atoms with van der Waals surface area (Å²) in [7, 11) is 0. The van der Waals surface area contributed by atoms with Gasteiger partial charge in [0.15, 0.2) is 5.82 Å². The Kier molecular flexibility index (Phi) is 5.58. The number of amides is 1. The number of benzene rings is 1. The predicted molar refractivity (Wildman–Crippen MR) is 110 cm³/mol. The smallest absolute Gasteiger partial charge is 0.256 e. The van der Waals surface area contributed by atoms with Gasteiger partial charge in [0.25, 0.3) is 5.91 Å². The Balaban J connectivity index is 1.51. The maximum absolute atomic E-state index is 12.9. The van der Waals surface area contributed by atoms with Gasteiger partial charge >= 0.3 is 0 Å². The number of aromatic nitrogens is 3. The molecule has 1 aromatic carbocycles. The molecule has 1 aliphatic rings. The largest absolute Gasteiger partial charge is 0.352 e. The standard InChI is InChI=1S/C22H27N5O/c1-18-7-9-19(10-8-18)27-22(26-15-4-5-16-26)20(17-24-27)21(28)23-11-6-14-25-12-2-3-13-25/h4-5,7-10,15-17H,2-3,6,11-14H2,1H3,(H,23,28). The predicted octanol–water partition coefficient (Wildman–Crippen LogP) is 3.19. The molecule has 146 valence electrons. The van der Waals surface area contributed by atoms with E-state index in [2.05, 4.69) is 34.4 Å². The first-order valence-corrected chi connectivity index (χ1v) is 10.0. The summed E-state index contributed by atoms with van der Waals surface area (Å²) in [5.41, 5.74) is 2.70. The van der Waals surface area contributed by atoms with Crippen LogP contribution in [0.25, 0.3) is 11.5 Å². The van der Waals surface area contributed by atoms with Crippen molar-refractivity contribution >= 4 is 5.91 Å². The second-order valence-corrected chi connectivity index (χ2v) is 7.38. The topological polar surface area (TPSA) is 55.1 Å². The number of nitrogens with zero attached hydrogens (tertiary/aromatic N) is 4. The first-order chi connectivity index (χ1) is 13.7. The quantitative estimate of drug-likeness (QED) is 0.644. The summed E-state index contributed by atoms with van der Waals surface area (Å²) >= 11 is 0. The van der Waals surface area contributed by atoms with E-state index in [-0.39, 0.29) is 5.91 Å². The average molecular weight is 377 g/mol. The van der Waals surface area contributed by atoms with Crippen LogP contribution in [0.5, 0.6) is 0 Å². The molecule has 0 spiro atoms. The Morgan fingerprint density at radius 3 is 2.54 bits per heavy atom. The van der Waals surface area contributed by atoms with Gasteiger partial charge in [-0.15, -0.1) is 0 Å². The van der Waals surface area contributed by atoms with Gasteiger partial charge in [-0.2, -0.15) is 5.10 Å². The maximum Gasteiger partial charge on any atom is 0.256 e. The Morgan fingerprint density at radius 2 is 1.82 bits per heavy atom. The lowest BCUT2D eigenvalue weighted by molar-refractivity contribution is 0.0952. The van der Waals surface area contributed by atoms with Gasteiger partial charge in [0.05, 0.1) is 11.9 Å². The fraction of sp³-hybridized carbons (Fsp3) is 0.364. The molecule has 28 heavy (non-hydrogen) atoms. The Labute approximate surface area is 165 Å². The van der Waals surface area contributed by atoms with Crippen LogP contribution in [0.4, 0.5) is 0 Å². The van der Waals surface area contributed by atoms with Crippen molar-refractivity contribution in [2.45, 2.75) is 26.2 Å². The van der Waals surface area contributed by atoms with Crippen LogP contribution in [0.2, 0.25) is 0 Å². The van der Waals surface area contributed by atoms with Gasteiger partial charge < -0.3 is 14.8 Å². The van der Waals surface area contributed by atoms with Crippen LogP contribution in [0.15, 0.2) is 55.0 Å². The van der Waals surface area contributed by atoms with Gasteiger partial charge in [-0.25, -0.2) is 4.68 Å². The Morgan fingerprint density at radius 1 is 1.11 bits per heavy atom. The monoisotopic (exact) mass is 377 g/mol. The second-order valence-electron chi connectivity index (χ2n) is 7.38. The number of carbonyl (C=O) groups is 1. The second kappa shape index (κ2) is 8.44. The average Bonchev–Trinajstić information content (AvgIpc) is 3.46. The summed E-state index contributed by atoms with van der Waals surface area (Å²) in [5, 5.41) is 7.58. The van der Waals surface area contributed by atoms with Gasteiger partial charge in [0.1, 0.15) is 5.56 Å². The van der Waals surface area contributed by atoms with E-state index in [0.29, 0.717) is 12.1 Å². The molecule has 4 rings (SSSR count). The molecule has 0 saturated carbocycles. The van der Waals surface area contributed by atoms with Crippen molar-refractivity contribution < 1.29 is 4.79 Å². The van der Waals surface area contributed by atoms with Crippen LogP contribution in [0.3, 0.4) is 0 Å². The van der Waals surface area contributed by atoms with E-state index in [0.717, 1.165) is 24.5 Å². The minimum absolute atomic E-state index is 0.0801. The van der Waals surface area contributed by atoms with E-state index < -0.39 is 0 Å². The molecule has 1 saturated heterocycles. The third kappa shape index (κ3) is 4.02. The lowest BCUT2D eigenvalue weighted by Crippen LogP contribution is -2.29. The number of hydrogen-bond acceptors (Lipinski definition) is 3. The molecule has 0 bridgehead atoms. The molecule has 3 heterocycles. The highest BCUT2D eigenvalue weighted by molar-refractivity contribution is 5.97. The zero-order valence-corrected chi connectivity index (χ0v) is 16.3. The highest BCUT2D eigenvalue weighted by Gasteiger charge is 2.20. The van der Waals surface area contributed by atoms with E-state index in [1.807, 2.05) is 45.9 Å². The highest BCUT2D eigenvalue weighted by Crippen LogP contribution is 2.20. The van der Waals surface area contributed by atoms with Crippen LogP contribution in [-0.4, -0.2) is 51.3 Å². The van der Waals surface area contributed by atoms with Crippen molar-refractivity contribution in [3.8, 4) is 11.5 Å². The summed E-state index contributed by atoms with van der Waals surface area (Å²) in [6, 6.07) is 12.0. The normalized spacial score (nSPS) is 14.5. The lowest BCUT2D eigenvalue weighted by Gasteiger charge is -2.14. The van der Waals surface area contributed by atoms with E-state index >= 15 is 0 Å². The van der Waals surface area contributed by atoms with Gasteiger partial charge in [0.2, 0.25) is 0 Å². The molecular weight excluding hydrogens is 350 g/mol. The highest BCUT2D eigenvalue weighted by atomic mass is 16.1. The Bertz CT molecular complexity index is 905. The summed E-state index contributed by atoms with van der Waals surface area (Å²) < 4.78 is 3.75. The zero-order chi connectivity index (χ0) is 19.3. The molecule has 1 amide bonds. The number of likely N-dealkylation sites (tertiary alicyclic amines) is 1. The maximum atomic E-state index is 12.9. The van der Waals surface area contributed by atoms with Crippen molar-refractivity contribution in [2.75, 3.05) is 26.2 Å². The van der Waals surface area contributed by atoms with Crippen molar-refractivity contribution in [2.24, 2.45) is 0 Å². The van der Waals surface area contributed by atoms with Crippen molar-refractivity contribution in [1.82, 2.24) is 24.6 Å². The lowest BCUT2D eigenvalue weighted by atomic mass is 10.2. The van der Waals surface area contributed by atoms with Gasteiger partial charge in [-0.3, -0.25) is 4.79 Å². The molecule has 0 radical (unpaired) electrons. The summed E-state index contributed by atoms with van der Waals surface area (Å²) in [6.45, 7) is 6.16. The molecule has 1 fully saturated rings. The Hall–Kier alpha value is -2.86.